The van der Waals surface area contributed by atoms with Crippen molar-refractivity contribution in [1.82, 2.24) is 25.5 Å². The SMILES string of the molecule is O=S(=O)(Nc1nccnn1)c1ccc(CNC2CC2)cn1. The third-order valence-corrected chi connectivity index (χ3v) is 4.20. The molecule has 0 aromatic carbocycles. The van der Waals surface area contributed by atoms with Crippen LogP contribution in [0.4, 0.5) is 5.95 Å². The van der Waals surface area contributed by atoms with E-state index in [9.17, 15) is 8.42 Å². The zero-order valence-electron chi connectivity index (χ0n) is 11.1. The zero-order chi connectivity index (χ0) is 14.7. The highest BCUT2D eigenvalue weighted by Gasteiger charge is 2.20. The second-order valence-corrected chi connectivity index (χ2v) is 6.36. The quantitative estimate of drug-likeness (QED) is 0.790. The molecule has 9 heteroatoms. The van der Waals surface area contributed by atoms with Gasteiger partial charge in [-0.25, -0.2) is 14.7 Å². The van der Waals surface area contributed by atoms with E-state index in [2.05, 4.69) is 30.2 Å². The molecule has 0 bridgehead atoms. The summed E-state index contributed by atoms with van der Waals surface area (Å²) in [6.07, 6.45) is 6.67. The number of sulfonamides is 1. The highest BCUT2D eigenvalue weighted by Crippen LogP contribution is 2.19. The molecule has 0 saturated heterocycles. The van der Waals surface area contributed by atoms with Crippen molar-refractivity contribution in [2.24, 2.45) is 0 Å². The molecule has 2 aromatic rings. The van der Waals surface area contributed by atoms with Crippen molar-refractivity contribution >= 4 is 16.0 Å². The van der Waals surface area contributed by atoms with Gasteiger partial charge < -0.3 is 5.32 Å². The lowest BCUT2D eigenvalue weighted by molar-refractivity contribution is 0.596. The van der Waals surface area contributed by atoms with Crippen LogP contribution in [-0.4, -0.2) is 34.6 Å². The van der Waals surface area contributed by atoms with Crippen LogP contribution < -0.4 is 10.0 Å². The van der Waals surface area contributed by atoms with Gasteiger partial charge in [-0.1, -0.05) is 6.07 Å². The summed E-state index contributed by atoms with van der Waals surface area (Å²) >= 11 is 0. The Morgan fingerprint density at radius 2 is 2.05 bits per heavy atom. The fourth-order valence-corrected chi connectivity index (χ4v) is 2.57. The number of rotatable bonds is 6. The van der Waals surface area contributed by atoms with Crippen LogP contribution >= 0.6 is 0 Å². The van der Waals surface area contributed by atoms with E-state index in [-0.39, 0.29) is 11.0 Å². The molecule has 1 saturated carbocycles. The number of aromatic nitrogens is 4. The maximum absolute atomic E-state index is 12.1. The number of hydrogen-bond donors (Lipinski definition) is 2. The van der Waals surface area contributed by atoms with Crippen LogP contribution in [0.25, 0.3) is 0 Å². The van der Waals surface area contributed by atoms with E-state index < -0.39 is 10.0 Å². The average molecular weight is 306 g/mol. The van der Waals surface area contributed by atoms with Gasteiger partial charge in [0.2, 0.25) is 0 Å². The van der Waals surface area contributed by atoms with Crippen molar-refractivity contribution in [3.05, 3.63) is 36.3 Å². The van der Waals surface area contributed by atoms with Crippen LogP contribution in [0.3, 0.4) is 0 Å². The van der Waals surface area contributed by atoms with Gasteiger partial charge in [-0.05, 0) is 24.5 Å². The second-order valence-electron chi connectivity index (χ2n) is 4.73. The summed E-state index contributed by atoms with van der Waals surface area (Å²) < 4.78 is 26.4. The molecule has 1 aliphatic rings. The Kier molecular flexibility index (Phi) is 3.76. The largest absolute Gasteiger partial charge is 0.310 e. The summed E-state index contributed by atoms with van der Waals surface area (Å²) in [7, 11) is -3.80. The highest BCUT2D eigenvalue weighted by molar-refractivity contribution is 7.92. The highest BCUT2D eigenvalue weighted by atomic mass is 32.2. The molecular formula is C12H14N6O2S. The summed E-state index contributed by atoms with van der Waals surface area (Å²) in [6.45, 7) is 0.692. The van der Waals surface area contributed by atoms with Crippen LogP contribution in [0, 0.1) is 0 Å². The Morgan fingerprint density at radius 3 is 2.67 bits per heavy atom. The van der Waals surface area contributed by atoms with Crippen LogP contribution in [0.15, 0.2) is 35.7 Å². The van der Waals surface area contributed by atoms with E-state index in [1.165, 1.54) is 31.3 Å². The number of nitrogens with one attached hydrogen (secondary N) is 2. The molecule has 1 aliphatic carbocycles. The third kappa shape index (κ3) is 3.70. The van der Waals surface area contributed by atoms with Gasteiger partial charge in [0.1, 0.15) is 0 Å². The van der Waals surface area contributed by atoms with Crippen LogP contribution in [0.5, 0.6) is 0 Å². The number of pyridine rings is 1. The van der Waals surface area contributed by atoms with Gasteiger partial charge in [-0.2, -0.15) is 13.5 Å². The van der Waals surface area contributed by atoms with E-state index in [4.69, 9.17) is 0 Å². The molecule has 0 spiro atoms. The van der Waals surface area contributed by atoms with Gasteiger partial charge >= 0.3 is 0 Å². The molecular weight excluding hydrogens is 292 g/mol. The van der Waals surface area contributed by atoms with Crippen molar-refractivity contribution in [2.45, 2.75) is 30.5 Å². The van der Waals surface area contributed by atoms with Gasteiger partial charge in [0.25, 0.3) is 16.0 Å². The molecule has 8 nitrogen and oxygen atoms in total. The third-order valence-electron chi connectivity index (χ3n) is 2.95. The maximum atomic E-state index is 12.1. The predicted molar refractivity (Wildman–Crippen MR) is 74.7 cm³/mol. The Balaban J connectivity index is 1.69. The van der Waals surface area contributed by atoms with Crippen molar-refractivity contribution in [3.8, 4) is 0 Å². The van der Waals surface area contributed by atoms with Gasteiger partial charge in [-0.15, -0.1) is 5.10 Å². The Morgan fingerprint density at radius 1 is 1.19 bits per heavy atom. The summed E-state index contributed by atoms with van der Waals surface area (Å²) in [5, 5.41) is 10.4. The van der Waals surface area contributed by atoms with Crippen molar-refractivity contribution < 1.29 is 8.42 Å². The Bertz CT molecular complexity index is 700. The van der Waals surface area contributed by atoms with Crippen LogP contribution in [0.2, 0.25) is 0 Å². The molecule has 2 heterocycles. The van der Waals surface area contributed by atoms with E-state index in [0.29, 0.717) is 12.6 Å². The molecule has 21 heavy (non-hydrogen) atoms. The molecule has 2 N–H and O–H groups in total. The maximum Gasteiger partial charge on any atom is 0.281 e. The molecule has 110 valence electrons. The lowest BCUT2D eigenvalue weighted by Crippen LogP contribution is -2.18. The molecule has 0 atom stereocenters. The zero-order valence-corrected chi connectivity index (χ0v) is 11.9. The first-order valence-electron chi connectivity index (χ1n) is 6.48. The normalized spacial score (nSPS) is 14.9. The first kappa shape index (κ1) is 13.8. The standard InChI is InChI=1S/C12H14N6O2S/c19-21(20,18-12-13-5-6-16-17-12)11-4-1-9(8-15-11)7-14-10-2-3-10/h1,4-6,8,10,14H,2-3,7H2,(H,13,17,18). The van der Waals surface area contributed by atoms with Crippen LogP contribution in [0.1, 0.15) is 18.4 Å². The Hall–Kier alpha value is -2.13. The molecule has 3 rings (SSSR count). The molecule has 0 unspecified atom stereocenters. The average Bonchev–Trinajstić information content (AvgIpc) is 3.30. The minimum Gasteiger partial charge on any atom is -0.310 e. The van der Waals surface area contributed by atoms with E-state index in [0.717, 1.165) is 5.56 Å². The molecule has 2 aromatic heterocycles. The number of hydrogen-bond acceptors (Lipinski definition) is 7. The molecule has 0 amide bonds. The van der Waals surface area contributed by atoms with Gasteiger partial charge in [-0.3, -0.25) is 0 Å². The minimum atomic E-state index is -3.80. The predicted octanol–water partition coefficient (Wildman–Crippen LogP) is 0.319. The van der Waals surface area contributed by atoms with Gasteiger partial charge in [0.15, 0.2) is 5.03 Å². The van der Waals surface area contributed by atoms with Crippen molar-refractivity contribution in [3.63, 3.8) is 0 Å². The fraction of sp³-hybridized carbons (Fsp3) is 0.333. The monoisotopic (exact) mass is 306 g/mol. The Labute approximate surface area is 122 Å². The number of nitrogens with zero attached hydrogens (tertiary/aromatic N) is 4. The second kappa shape index (κ2) is 5.70. The first-order chi connectivity index (χ1) is 10.1. The lowest BCUT2D eigenvalue weighted by Gasteiger charge is -2.06. The topological polar surface area (TPSA) is 110 Å². The summed E-state index contributed by atoms with van der Waals surface area (Å²) in [5.74, 6) is -0.0845. The number of anilines is 1. The fourth-order valence-electron chi connectivity index (χ4n) is 1.69. The van der Waals surface area contributed by atoms with E-state index >= 15 is 0 Å². The van der Waals surface area contributed by atoms with E-state index in [1.54, 1.807) is 12.3 Å². The van der Waals surface area contributed by atoms with Gasteiger partial charge in [0, 0.05) is 18.8 Å². The minimum absolute atomic E-state index is 0.0786. The molecule has 0 aliphatic heterocycles. The molecule has 0 radical (unpaired) electrons. The summed E-state index contributed by atoms with van der Waals surface area (Å²) in [6, 6.07) is 3.79. The summed E-state index contributed by atoms with van der Waals surface area (Å²) in [5.41, 5.74) is 0.943. The van der Waals surface area contributed by atoms with Crippen LogP contribution in [-0.2, 0) is 16.6 Å². The van der Waals surface area contributed by atoms with Crippen molar-refractivity contribution in [2.75, 3.05) is 4.72 Å². The first-order valence-corrected chi connectivity index (χ1v) is 7.97. The van der Waals surface area contributed by atoms with Gasteiger partial charge in [0.05, 0.1) is 12.4 Å². The summed E-state index contributed by atoms with van der Waals surface area (Å²) in [4.78, 5) is 7.74. The molecule has 1 fully saturated rings. The lowest BCUT2D eigenvalue weighted by atomic mass is 10.3. The van der Waals surface area contributed by atoms with E-state index in [1.807, 2.05) is 0 Å². The smallest absolute Gasteiger partial charge is 0.281 e. The van der Waals surface area contributed by atoms with Crippen molar-refractivity contribution in [1.29, 1.82) is 0 Å².